The lowest BCUT2D eigenvalue weighted by Crippen LogP contribution is -2.16. The van der Waals surface area contributed by atoms with Crippen molar-refractivity contribution < 1.29 is 9.53 Å². The summed E-state index contributed by atoms with van der Waals surface area (Å²) in [6, 6.07) is 1.77. The van der Waals surface area contributed by atoms with E-state index in [0.29, 0.717) is 25.5 Å². The van der Waals surface area contributed by atoms with Crippen LogP contribution in [0.3, 0.4) is 0 Å². The standard InChI is InChI=1S/C13H21N3O2/c1-5-18-7-6-12(17)15-11-8-10(4)14-13(16-11)9(2)3/h8-9H,5-7H2,1-4H3,(H,14,15,16,17). The normalized spacial score (nSPS) is 10.7. The number of nitrogens with zero attached hydrogens (tertiary/aromatic N) is 2. The molecule has 0 unspecified atom stereocenters. The fourth-order valence-corrected chi connectivity index (χ4v) is 1.43. The predicted octanol–water partition coefficient (Wildman–Crippen LogP) is 2.27. The Morgan fingerprint density at radius 1 is 1.44 bits per heavy atom. The molecule has 0 aliphatic rings. The number of carbonyl (C=O) groups is 1. The van der Waals surface area contributed by atoms with E-state index in [1.54, 1.807) is 6.07 Å². The molecule has 0 fully saturated rings. The first-order chi connectivity index (χ1) is 8.52. The van der Waals surface area contributed by atoms with Gasteiger partial charge in [0.05, 0.1) is 13.0 Å². The minimum absolute atomic E-state index is 0.0868. The quantitative estimate of drug-likeness (QED) is 0.788. The molecule has 1 amide bonds. The topological polar surface area (TPSA) is 64.1 Å². The average molecular weight is 251 g/mol. The van der Waals surface area contributed by atoms with Crippen molar-refractivity contribution in [1.82, 2.24) is 9.97 Å². The van der Waals surface area contributed by atoms with Gasteiger partial charge in [0, 0.05) is 24.3 Å². The molecule has 1 aromatic rings. The largest absolute Gasteiger partial charge is 0.381 e. The highest BCUT2D eigenvalue weighted by atomic mass is 16.5. The summed E-state index contributed by atoms with van der Waals surface area (Å²) >= 11 is 0. The van der Waals surface area contributed by atoms with Crippen molar-refractivity contribution >= 4 is 11.7 Å². The zero-order valence-electron chi connectivity index (χ0n) is 11.5. The summed E-state index contributed by atoms with van der Waals surface area (Å²) in [6.07, 6.45) is 0.341. The molecular formula is C13H21N3O2. The highest BCUT2D eigenvalue weighted by Gasteiger charge is 2.08. The molecule has 0 radical (unpaired) electrons. The fourth-order valence-electron chi connectivity index (χ4n) is 1.43. The number of aromatic nitrogens is 2. The van der Waals surface area contributed by atoms with Crippen molar-refractivity contribution in [3.05, 3.63) is 17.6 Å². The molecule has 0 bridgehead atoms. The molecule has 100 valence electrons. The van der Waals surface area contributed by atoms with E-state index in [9.17, 15) is 4.79 Å². The number of anilines is 1. The molecule has 1 heterocycles. The molecule has 5 nitrogen and oxygen atoms in total. The molecular weight excluding hydrogens is 230 g/mol. The van der Waals surface area contributed by atoms with E-state index < -0.39 is 0 Å². The molecule has 0 aliphatic carbocycles. The second kappa shape index (κ2) is 7.06. The van der Waals surface area contributed by atoms with Crippen molar-refractivity contribution in [2.75, 3.05) is 18.5 Å². The summed E-state index contributed by atoms with van der Waals surface area (Å²) in [5.41, 5.74) is 0.855. The summed E-state index contributed by atoms with van der Waals surface area (Å²) in [4.78, 5) is 20.3. The van der Waals surface area contributed by atoms with E-state index in [4.69, 9.17) is 4.74 Å². The van der Waals surface area contributed by atoms with Crippen LogP contribution in [0, 0.1) is 6.92 Å². The van der Waals surface area contributed by atoms with Crippen LogP contribution in [0.1, 0.15) is 44.6 Å². The fraction of sp³-hybridized carbons (Fsp3) is 0.615. The maximum absolute atomic E-state index is 11.6. The Labute approximate surface area is 108 Å². The van der Waals surface area contributed by atoms with Crippen LogP contribution in [-0.4, -0.2) is 29.1 Å². The first kappa shape index (κ1) is 14.6. The van der Waals surface area contributed by atoms with Gasteiger partial charge in [-0.05, 0) is 13.8 Å². The van der Waals surface area contributed by atoms with Crippen LogP contribution >= 0.6 is 0 Å². The third kappa shape index (κ3) is 4.79. The Morgan fingerprint density at radius 2 is 2.17 bits per heavy atom. The lowest BCUT2D eigenvalue weighted by Gasteiger charge is -2.09. The van der Waals surface area contributed by atoms with Gasteiger partial charge >= 0.3 is 0 Å². The van der Waals surface area contributed by atoms with Crippen LogP contribution in [-0.2, 0) is 9.53 Å². The Hall–Kier alpha value is -1.49. The monoisotopic (exact) mass is 251 g/mol. The number of rotatable bonds is 6. The maximum atomic E-state index is 11.6. The number of carbonyl (C=O) groups excluding carboxylic acids is 1. The van der Waals surface area contributed by atoms with Gasteiger partial charge in [0.25, 0.3) is 0 Å². The molecule has 0 atom stereocenters. The average Bonchev–Trinajstić information content (AvgIpc) is 2.28. The molecule has 1 N–H and O–H groups in total. The molecule has 5 heteroatoms. The number of hydrogen-bond donors (Lipinski definition) is 1. The smallest absolute Gasteiger partial charge is 0.227 e. The summed E-state index contributed by atoms with van der Waals surface area (Å²) in [5.74, 6) is 1.46. The van der Waals surface area contributed by atoms with Crippen LogP contribution < -0.4 is 5.32 Å². The molecule has 0 spiro atoms. The Bertz CT molecular complexity index is 405. The summed E-state index contributed by atoms with van der Waals surface area (Å²) in [5, 5.41) is 2.77. The SMILES string of the molecule is CCOCCC(=O)Nc1cc(C)nc(C(C)C)n1. The van der Waals surface area contributed by atoms with Crippen molar-refractivity contribution in [1.29, 1.82) is 0 Å². The van der Waals surface area contributed by atoms with Gasteiger partial charge in [-0.3, -0.25) is 4.79 Å². The minimum Gasteiger partial charge on any atom is -0.381 e. The Morgan fingerprint density at radius 3 is 2.78 bits per heavy atom. The molecule has 0 aliphatic heterocycles. The molecule has 18 heavy (non-hydrogen) atoms. The van der Waals surface area contributed by atoms with E-state index in [1.807, 2.05) is 27.7 Å². The van der Waals surface area contributed by atoms with Crippen molar-refractivity contribution in [3.63, 3.8) is 0 Å². The first-order valence-corrected chi connectivity index (χ1v) is 6.26. The molecule has 0 saturated heterocycles. The van der Waals surface area contributed by atoms with E-state index in [2.05, 4.69) is 15.3 Å². The highest BCUT2D eigenvalue weighted by Crippen LogP contribution is 2.13. The van der Waals surface area contributed by atoms with Crippen LogP contribution in [0.15, 0.2) is 6.07 Å². The third-order valence-corrected chi connectivity index (χ3v) is 2.33. The van der Waals surface area contributed by atoms with Crippen LogP contribution in [0.4, 0.5) is 5.82 Å². The zero-order chi connectivity index (χ0) is 13.5. The van der Waals surface area contributed by atoms with E-state index in [0.717, 1.165) is 11.5 Å². The second-order valence-corrected chi connectivity index (χ2v) is 4.40. The van der Waals surface area contributed by atoms with Gasteiger partial charge in [-0.2, -0.15) is 0 Å². The van der Waals surface area contributed by atoms with Gasteiger partial charge in [0.15, 0.2) is 0 Å². The van der Waals surface area contributed by atoms with Crippen LogP contribution in [0.25, 0.3) is 0 Å². The summed E-state index contributed by atoms with van der Waals surface area (Å²) in [6.45, 7) is 8.90. The van der Waals surface area contributed by atoms with Gasteiger partial charge in [0.1, 0.15) is 11.6 Å². The molecule has 1 aromatic heterocycles. The van der Waals surface area contributed by atoms with Crippen LogP contribution in [0.2, 0.25) is 0 Å². The van der Waals surface area contributed by atoms with Gasteiger partial charge in [-0.1, -0.05) is 13.8 Å². The Balaban J connectivity index is 2.63. The van der Waals surface area contributed by atoms with Gasteiger partial charge in [-0.25, -0.2) is 9.97 Å². The van der Waals surface area contributed by atoms with Crippen LogP contribution in [0.5, 0.6) is 0 Å². The maximum Gasteiger partial charge on any atom is 0.227 e. The third-order valence-electron chi connectivity index (χ3n) is 2.33. The highest BCUT2D eigenvalue weighted by molar-refractivity contribution is 5.89. The molecule has 0 aromatic carbocycles. The Kier molecular flexibility index (Phi) is 5.71. The summed E-state index contributed by atoms with van der Waals surface area (Å²) in [7, 11) is 0. The van der Waals surface area contributed by atoms with E-state index >= 15 is 0 Å². The lowest BCUT2D eigenvalue weighted by atomic mass is 10.2. The predicted molar refractivity (Wildman–Crippen MR) is 70.6 cm³/mol. The zero-order valence-corrected chi connectivity index (χ0v) is 11.5. The molecule has 1 rings (SSSR count). The summed E-state index contributed by atoms with van der Waals surface area (Å²) < 4.78 is 5.13. The van der Waals surface area contributed by atoms with E-state index in [1.165, 1.54) is 0 Å². The number of nitrogens with one attached hydrogen (secondary N) is 1. The van der Waals surface area contributed by atoms with Gasteiger partial charge < -0.3 is 10.1 Å². The number of ether oxygens (including phenoxy) is 1. The lowest BCUT2D eigenvalue weighted by molar-refractivity contribution is -0.117. The molecule has 0 saturated carbocycles. The van der Waals surface area contributed by atoms with Gasteiger partial charge in [-0.15, -0.1) is 0 Å². The van der Waals surface area contributed by atoms with Crippen molar-refractivity contribution in [3.8, 4) is 0 Å². The van der Waals surface area contributed by atoms with Crippen molar-refractivity contribution in [2.24, 2.45) is 0 Å². The number of amides is 1. The first-order valence-electron chi connectivity index (χ1n) is 6.26. The minimum atomic E-state index is -0.0868. The number of aryl methyl sites for hydroxylation is 1. The van der Waals surface area contributed by atoms with Gasteiger partial charge in [0.2, 0.25) is 5.91 Å². The second-order valence-electron chi connectivity index (χ2n) is 4.40. The number of hydrogen-bond acceptors (Lipinski definition) is 4. The van der Waals surface area contributed by atoms with Crippen molar-refractivity contribution in [2.45, 2.75) is 40.0 Å². The van der Waals surface area contributed by atoms with E-state index in [-0.39, 0.29) is 11.8 Å².